The molecule has 1 amide bonds. The van der Waals surface area contributed by atoms with E-state index in [9.17, 15) is 17.6 Å². The normalized spacial score (nSPS) is 17.1. The van der Waals surface area contributed by atoms with Crippen molar-refractivity contribution in [3.05, 3.63) is 82.5 Å². The molecule has 1 aliphatic heterocycles. The van der Waals surface area contributed by atoms with Crippen molar-refractivity contribution in [2.75, 3.05) is 13.1 Å². The Kier molecular flexibility index (Phi) is 7.47. The lowest BCUT2D eigenvalue weighted by Crippen LogP contribution is -2.45. The smallest absolute Gasteiger partial charge is 0.248 e. The van der Waals surface area contributed by atoms with Gasteiger partial charge in [0.15, 0.2) is 10.7 Å². The van der Waals surface area contributed by atoms with Gasteiger partial charge in [0.25, 0.3) is 0 Å². The van der Waals surface area contributed by atoms with Crippen LogP contribution < -0.4 is 5.32 Å². The lowest BCUT2D eigenvalue weighted by molar-refractivity contribution is -0.126. The summed E-state index contributed by atoms with van der Waals surface area (Å²) < 4.78 is 47.6. The van der Waals surface area contributed by atoms with E-state index in [0.717, 1.165) is 11.1 Å². The summed E-state index contributed by atoms with van der Waals surface area (Å²) in [7, 11) is -3.98. The molecule has 1 aromatic heterocycles. The number of rotatable bonds is 7. The summed E-state index contributed by atoms with van der Waals surface area (Å²) in [5.41, 5.74) is 2.63. The van der Waals surface area contributed by atoms with Gasteiger partial charge in [0.2, 0.25) is 15.9 Å². The molecule has 3 aromatic rings. The molecule has 1 fully saturated rings. The molecule has 0 saturated carbocycles. The van der Waals surface area contributed by atoms with Gasteiger partial charge >= 0.3 is 0 Å². The third-order valence-corrected chi connectivity index (χ3v) is 8.12. The number of aryl methyl sites for hydroxylation is 2. The van der Waals surface area contributed by atoms with Crippen LogP contribution in [-0.4, -0.2) is 36.9 Å². The Morgan fingerprint density at radius 2 is 1.91 bits per heavy atom. The molecular formula is C26H28FN3O4S. The molecule has 0 aliphatic carbocycles. The van der Waals surface area contributed by atoms with E-state index in [1.165, 1.54) is 22.5 Å². The maximum absolute atomic E-state index is 14.0. The molecule has 35 heavy (non-hydrogen) atoms. The number of benzene rings is 2. The largest absolute Gasteiger partial charge is 0.355 e. The molecule has 1 atom stereocenters. The predicted octanol–water partition coefficient (Wildman–Crippen LogP) is 4.32. The van der Waals surface area contributed by atoms with Crippen molar-refractivity contribution in [3.63, 3.8) is 0 Å². The highest BCUT2D eigenvalue weighted by Crippen LogP contribution is 2.29. The van der Waals surface area contributed by atoms with Crippen molar-refractivity contribution in [1.29, 1.82) is 0 Å². The first-order valence-electron chi connectivity index (χ1n) is 11.5. The number of carbonyl (C=O) groups is 1. The van der Waals surface area contributed by atoms with E-state index in [2.05, 4.69) is 10.5 Å². The van der Waals surface area contributed by atoms with Gasteiger partial charge in [-0.3, -0.25) is 4.79 Å². The van der Waals surface area contributed by atoms with E-state index in [1.807, 2.05) is 31.2 Å². The monoisotopic (exact) mass is 497 g/mol. The first-order chi connectivity index (χ1) is 16.8. The van der Waals surface area contributed by atoms with Gasteiger partial charge in [0, 0.05) is 25.2 Å². The van der Waals surface area contributed by atoms with Crippen LogP contribution in [0, 0.1) is 25.6 Å². The summed E-state index contributed by atoms with van der Waals surface area (Å²) in [4.78, 5) is 12.7. The van der Waals surface area contributed by atoms with Gasteiger partial charge in [-0.05, 0) is 50.5 Å². The average Bonchev–Trinajstić information content (AvgIpc) is 3.24. The average molecular weight is 498 g/mol. The Balaban J connectivity index is 1.48. The molecule has 1 aliphatic rings. The topological polar surface area (TPSA) is 92.5 Å². The fraction of sp³-hybridized carbons (Fsp3) is 0.308. The Hall–Kier alpha value is -3.30. The van der Waals surface area contributed by atoms with Gasteiger partial charge in [-0.2, -0.15) is 4.31 Å². The third-order valence-electron chi connectivity index (χ3n) is 6.09. The first kappa shape index (κ1) is 24.8. The van der Waals surface area contributed by atoms with Crippen LogP contribution in [0.2, 0.25) is 0 Å². The Morgan fingerprint density at radius 1 is 1.17 bits per heavy atom. The molecule has 4 rings (SSSR count). The fourth-order valence-electron chi connectivity index (χ4n) is 4.12. The number of sulfonamides is 1. The van der Waals surface area contributed by atoms with Crippen molar-refractivity contribution in [1.82, 2.24) is 14.8 Å². The van der Waals surface area contributed by atoms with Gasteiger partial charge in [-0.1, -0.05) is 53.2 Å². The lowest BCUT2D eigenvalue weighted by Gasteiger charge is -2.31. The standard InChI is InChI=1S/C26H28FN3O4S/c1-18-9-11-20(12-10-18)16-28-26(31)22-7-5-15-30(17-22)35(32,33)25-19(2)29-34-24(25)14-13-21-6-3-4-8-23(21)27/h3-4,6,8-14,22H,5,7,15-17H2,1-2H3,(H,28,31)/b14-13+/t22-/m1/s1. The van der Waals surface area contributed by atoms with Crippen molar-refractivity contribution < 1.29 is 22.1 Å². The van der Waals surface area contributed by atoms with Crippen molar-refractivity contribution in [2.45, 2.75) is 38.1 Å². The molecule has 1 N–H and O–H groups in total. The maximum atomic E-state index is 14.0. The van der Waals surface area contributed by atoms with Crippen LogP contribution in [0.4, 0.5) is 4.39 Å². The van der Waals surface area contributed by atoms with E-state index in [1.54, 1.807) is 25.1 Å². The summed E-state index contributed by atoms with van der Waals surface area (Å²) in [6, 6.07) is 14.0. The molecule has 9 heteroatoms. The van der Waals surface area contributed by atoms with Crippen molar-refractivity contribution in [2.24, 2.45) is 5.92 Å². The minimum atomic E-state index is -3.98. The quantitative estimate of drug-likeness (QED) is 0.525. The summed E-state index contributed by atoms with van der Waals surface area (Å²) in [5.74, 6) is -1.04. The number of amides is 1. The summed E-state index contributed by atoms with van der Waals surface area (Å²) in [6.45, 7) is 4.30. The van der Waals surface area contributed by atoms with E-state index in [-0.39, 0.29) is 28.8 Å². The van der Waals surface area contributed by atoms with Crippen LogP contribution in [0.15, 0.2) is 57.9 Å². The number of nitrogens with one attached hydrogen (secondary N) is 1. The van der Waals surface area contributed by atoms with Gasteiger partial charge in [0.05, 0.1) is 5.92 Å². The minimum absolute atomic E-state index is 0.0247. The number of aromatic nitrogens is 1. The minimum Gasteiger partial charge on any atom is -0.355 e. The summed E-state index contributed by atoms with van der Waals surface area (Å²) in [5, 5.41) is 6.75. The second kappa shape index (κ2) is 10.5. The van der Waals surface area contributed by atoms with Gasteiger partial charge in [-0.15, -0.1) is 0 Å². The number of piperidine rings is 1. The first-order valence-corrected chi connectivity index (χ1v) is 12.9. The van der Waals surface area contributed by atoms with Gasteiger partial charge in [0.1, 0.15) is 11.5 Å². The molecule has 0 radical (unpaired) electrons. The lowest BCUT2D eigenvalue weighted by atomic mass is 9.98. The molecule has 7 nitrogen and oxygen atoms in total. The van der Waals surface area contributed by atoms with E-state index in [4.69, 9.17) is 4.52 Å². The molecule has 0 bridgehead atoms. The van der Waals surface area contributed by atoms with E-state index >= 15 is 0 Å². The van der Waals surface area contributed by atoms with Gasteiger partial charge in [-0.25, -0.2) is 12.8 Å². The Morgan fingerprint density at radius 3 is 2.66 bits per heavy atom. The predicted molar refractivity (Wildman–Crippen MR) is 131 cm³/mol. The molecule has 0 spiro atoms. The number of nitrogens with zero attached hydrogens (tertiary/aromatic N) is 2. The maximum Gasteiger partial charge on any atom is 0.248 e. The van der Waals surface area contributed by atoms with E-state index < -0.39 is 21.8 Å². The highest BCUT2D eigenvalue weighted by Gasteiger charge is 2.36. The van der Waals surface area contributed by atoms with Crippen LogP contribution in [-0.2, 0) is 21.4 Å². The third kappa shape index (κ3) is 5.68. The highest BCUT2D eigenvalue weighted by atomic mass is 32.2. The molecule has 2 heterocycles. The van der Waals surface area contributed by atoms with Crippen molar-refractivity contribution in [3.8, 4) is 0 Å². The van der Waals surface area contributed by atoms with Crippen LogP contribution in [0.25, 0.3) is 12.2 Å². The zero-order valence-electron chi connectivity index (χ0n) is 19.7. The van der Waals surface area contributed by atoms with Crippen LogP contribution >= 0.6 is 0 Å². The molecule has 184 valence electrons. The Bertz CT molecular complexity index is 1330. The van der Waals surface area contributed by atoms with Crippen molar-refractivity contribution >= 4 is 28.1 Å². The number of hydrogen-bond donors (Lipinski definition) is 1. The number of hydrogen-bond acceptors (Lipinski definition) is 5. The van der Waals surface area contributed by atoms with Crippen LogP contribution in [0.5, 0.6) is 0 Å². The van der Waals surface area contributed by atoms with Gasteiger partial charge < -0.3 is 9.84 Å². The van der Waals surface area contributed by atoms with Crippen LogP contribution in [0.3, 0.4) is 0 Å². The highest BCUT2D eigenvalue weighted by molar-refractivity contribution is 7.89. The van der Waals surface area contributed by atoms with Crippen LogP contribution in [0.1, 0.15) is 41.0 Å². The second-order valence-electron chi connectivity index (χ2n) is 8.72. The zero-order chi connectivity index (χ0) is 25.0. The molecule has 0 unspecified atom stereocenters. The SMILES string of the molecule is Cc1ccc(CNC(=O)[C@@H]2CCCN(S(=O)(=O)c3c(C)noc3/C=C/c3ccccc3F)C2)cc1. The van der Waals surface area contributed by atoms with E-state index in [0.29, 0.717) is 31.5 Å². The second-order valence-corrected chi connectivity index (χ2v) is 10.6. The molecule has 2 aromatic carbocycles. The zero-order valence-corrected chi connectivity index (χ0v) is 20.5. The Labute approximate surface area is 204 Å². The molecule has 1 saturated heterocycles. The number of halogens is 1. The fourth-order valence-corrected chi connectivity index (χ4v) is 5.89. The summed E-state index contributed by atoms with van der Waals surface area (Å²) in [6.07, 6.45) is 4.02. The summed E-state index contributed by atoms with van der Waals surface area (Å²) >= 11 is 0. The molecular weight excluding hydrogens is 469 g/mol. The number of carbonyl (C=O) groups excluding carboxylic acids is 1.